The average Bonchev–Trinajstić information content (AvgIpc) is 2.44. The van der Waals surface area contributed by atoms with Crippen LogP contribution in [0.4, 0.5) is 0 Å². The molecule has 2 N–H and O–H groups in total. The van der Waals surface area contributed by atoms with Crippen molar-refractivity contribution in [2.75, 3.05) is 13.7 Å². The summed E-state index contributed by atoms with van der Waals surface area (Å²) in [6.45, 7) is 2.38. The Hall–Kier alpha value is -2.75. The quantitative estimate of drug-likeness (QED) is 0.807. The molecule has 0 bridgehead atoms. The molecule has 0 saturated carbocycles. The van der Waals surface area contributed by atoms with E-state index in [1.807, 2.05) is 6.07 Å². The highest BCUT2D eigenvalue weighted by molar-refractivity contribution is 5.86. The molecule has 0 radical (unpaired) electrons. The molecule has 7 nitrogen and oxygen atoms in total. The van der Waals surface area contributed by atoms with E-state index >= 15 is 0 Å². The third kappa shape index (κ3) is 4.38. The summed E-state index contributed by atoms with van der Waals surface area (Å²) in [6, 6.07) is 6.47. The number of hydrogen-bond donors (Lipinski definition) is 2. The van der Waals surface area contributed by atoms with Crippen LogP contribution in [0, 0.1) is 11.3 Å². The van der Waals surface area contributed by atoms with E-state index < -0.39 is 17.4 Å². The fourth-order valence-electron chi connectivity index (χ4n) is 1.44. The lowest BCUT2D eigenvalue weighted by molar-refractivity contribution is -0.146. The number of nitrogens with zero attached hydrogens (tertiary/aromatic N) is 1. The molecule has 0 saturated heterocycles. The van der Waals surface area contributed by atoms with Gasteiger partial charge in [-0.2, -0.15) is 5.26 Å². The minimum atomic E-state index is -1.38. The molecule has 0 aromatic heterocycles. The van der Waals surface area contributed by atoms with Crippen LogP contribution in [0.3, 0.4) is 0 Å². The molecular formula is C14H16N2O5. The number of carboxylic acid groups (broad SMARTS) is 1. The minimum absolute atomic E-state index is 0.291. The summed E-state index contributed by atoms with van der Waals surface area (Å²) in [4.78, 5) is 22.6. The first kappa shape index (κ1) is 16.3. The second-order valence-corrected chi connectivity index (χ2v) is 4.74. The van der Waals surface area contributed by atoms with E-state index in [2.05, 4.69) is 5.32 Å². The lowest BCUT2D eigenvalue weighted by atomic mass is 10.1. The highest BCUT2D eigenvalue weighted by atomic mass is 16.5. The van der Waals surface area contributed by atoms with Crippen LogP contribution in [-0.4, -0.2) is 36.2 Å². The first-order valence-corrected chi connectivity index (χ1v) is 6.05. The van der Waals surface area contributed by atoms with Crippen molar-refractivity contribution in [1.29, 1.82) is 5.26 Å². The highest BCUT2D eigenvalue weighted by Gasteiger charge is 2.29. The van der Waals surface area contributed by atoms with Gasteiger partial charge in [0.25, 0.3) is 5.91 Å². The number of ether oxygens (including phenoxy) is 2. The number of carboxylic acids is 1. The SMILES string of the molecule is COc1cc(C#N)ccc1OCC(=O)NC(C)(C)C(=O)O. The van der Waals surface area contributed by atoms with Gasteiger partial charge in [0.15, 0.2) is 18.1 Å². The Morgan fingerprint density at radius 1 is 1.38 bits per heavy atom. The summed E-state index contributed by atoms with van der Waals surface area (Å²) in [5, 5.41) is 20.0. The lowest BCUT2D eigenvalue weighted by Gasteiger charge is -2.21. The van der Waals surface area contributed by atoms with Crippen molar-refractivity contribution in [2.45, 2.75) is 19.4 Å². The molecule has 7 heteroatoms. The lowest BCUT2D eigenvalue weighted by Crippen LogP contribution is -2.51. The summed E-state index contributed by atoms with van der Waals surface area (Å²) >= 11 is 0. The van der Waals surface area contributed by atoms with Gasteiger partial charge in [0.1, 0.15) is 5.54 Å². The molecule has 1 rings (SSSR count). The van der Waals surface area contributed by atoms with Crippen molar-refractivity contribution in [3.05, 3.63) is 23.8 Å². The predicted molar refractivity (Wildman–Crippen MR) is 73.1 cm³/mol. The number of nitrogens with one attached hydrogen (secondary N) is 1. The van der Waals surface area contributed by atoms with Gasteiger partial charge in [-0.05, 0) is 26.0 Å². The number of carbonyl (C=O) groups is 2. The van der Waals surface area contributed by atoms with Crippen LogP contribution < -0.4 is 14.8 Å². The standard InChI is InChI=1S/C14H16N2O5/c1-14(2,13(18)19)16-12(17)8-21-10-5-4-9(7-15)6-11(10)20-3/h4-6H,8H2,1-3H3,(H,16,17)(H,18,19). The van der Waals surface area contributed by atoms with Crippen LogP contribution in [0.2, 0.25) is 0 Å². The maximum atomic E-state index is 11.7. The monoisotopic (exact) mass is 292 g/mol. The molecule has 0 fully saturated rings. The topological polar surface area (TPSA) is 109 Å². The second kappa shape index (κ2) is 6.61. The van der Waals surface area contributed by atoms with Gasteiger partial charge in [0.2, 0.25) is 0 Å². The van der Waals surface area contributed by atoms with Crippen LogP contribution in [0.15, 0.2) is 18.2 Å². The van der Waals surface area contributed by atoms with Gasteiger partial charge >= 0.3 is 5.97 Å². The van der Waals surface area contributed by atoms with Crippen molar-refractivity contribution in [3.8, 4) is 17.6 Å². The van der Waals surface area contributed by atoms with E-state index in [0.717, 1.165) is 0 Å². The van der Waals surface area contributed by atoms with E-state index in [0.29, 0.717) is 17.1 Å². The van der Waals surface area contributed by atoms with Crippen LogP contribution in [0.1, 0.15) is 19.4 Å². The van der Waals surface area contributed by atoms with Gasteiger partial charge in [0.05, 0.1) is 18.7 Å². The van der Waals surface area contributed by atoms with Gasteiger partial charge in [-0.15, -0.1) is 0 Å². The second-order valence-electron chi connectivity index (χ2n) is 4.74. The number of methoxy groups -OCH3 is 1. The number of carbonyl (C=O) groups excluding carboxylic acids is 1. The maximum Gasteiger partial charge on any atom is 0.328 e. The molecule has 0 aliphatic carbocycles. The number of benzene rings is 1. The van der Waals surface area contributed by atoms with Gasteiger partial charge in [-0.3, -0.25) is 4.79 Å². The summed E-state index contributed by atoms with van der Waals surface area (Å²) in [5.41, 5.74) is -0.981. The molecule has 0 heterocycles. The van der Waals surface area contributed by atoms with E-state index in [1.54, 1.807) is 0 Å². The predicted octanol–water partition coefficient (Wildman–Crippen LogP) is 0.925. The van der Waals surface area contributed by atoms with Crippen LogP contribution in [-0.2, 0) is 9.59 Å². The molecule has 0 atom stereocenters. The third-order valence-electron chi connectivity index (χ3n) is 2.64. The number of nitriles is 1. The van der Waals surface area contributed by atoms with Crippen LogP contribution in [0.5, 0.6) is 11.5 Å². The Morgan fingerprint density at radius 2 is 2.05 bits per heavy atom. The Balaban J connectivity index is 2.70. The summed E-state index contributed by atoms with van der Waals surface area (Å²) in [6.07, 6.45) is 0. The molecule has 1 aromatic rings. The average molecular weight is 292 g/mol. The molecular weight excluding hydrogens is 276 g/mol. The van der Waals surface area contributed by atoms with Gasteiger partial charge < -0.3 is 19.9 Å². The summed E-state index contributed by atoms with van der Waals surface area (Å²) < 4.78 is 10.3. The number of hydrogen-bond acceptors (Lipinski definition) is 5. The number of aliphatic carboxylic acids is 1. The summed E-state index contributed by atoms with van der Waals surface area (Å²) in [7, 11) is 1.41. The first-order chi connectivity index (χ1) is 9.80. The Kier molecular flexibility index (Phi) is 5.13. The van der Waals surface area contributed by atoms with E-state index in [4.69, 9.17) is 19.8 Å². The van der Waals surface area contributed by atoms with Crippen LogP contribution >= 0.6 is 0 Å². The Labute approximate surface area is 122 Å². The highest BCUT2D eigenvalue weighted by Crippen LogP contribution is 2.27. The smallest absolute Gasteiger partial charge is 0.328 e. The molecule has 0 aliphatic heterocycles. The molecule has 21 heavy (non-hydrogen) atoms. The number of amides is 1. The maximum absolute atomic E-state index is 11.7. The third-order valence-corrected chi connectivity index (χ3v) is 2.64. The van der Waals surface area contributed by atoms with E-state index in [-0.39, 0.29) is 6.61 Å². The van der Waals surface area contributed by atoms with Crippen molar-refractivity contribution in [1.82, 2.24) is 5.32 Å². The molecule has 0 unspecified atom stereocenters. The van der Waals surface area contributed by atoms with Crippen molar-refractivity contribution >= 4 is 11.9 Å². The van der Waals surface area contributed by atoms with Gasteiger partial charge in [-0.25, -0.2) is 4.79 Å². The Bertz CT molecular complexity index is 590. The zero-order chi connectivity index (χ0) is 16.0. The first-order valence-electron chi connectivity index (χ1n) is 6.05. The molecule has 1 aromatic carbocycles. The van der Waals surface area contributed by atoms with Gasteiger partial charge in [0, 0.05) is 6.07 Å². The molecule has 1 amide bonds. The Morgan fingerprint density at radius 3 is 2.57 bits per heavy atom. The van der Waals surface area contributed by atoms with Crippen LogP contribution in [0.25, 0.3) is 0 Å². The molecule has 0 spiro atoms. The fraction of sp³-hybridized carbons (Fsp3) is 0.357. The largest absolute Gasteiger partial charge is 0.493 e. The van der Waals surface area contributed by atoms with E-state index in [9.17, 15) is 9.59 Å². The van der Waals surface area contributed by atoms with E-state index in [1.165, 1.54) is 39.2 Å². The number of rotatable bonds is 6. The fourth-order valence-corrected chi connectivity index (χ4v) is 1.44. The van der Waals surface area contributed by atoms with Gasteiger partial charge in [-0.1, -0.05) is 0 Å². The zero-order valence-corrected chi connectivity index (χ0v) is 12.0. The van der Waals surface area contributed by atoms with Crippen molar-refractivity contribution in [3.63, 3.8) is 0 Å². The van der Waals surface area contributed by atoms with Crippen molar-refractivity contribution < 1.29 is 24.2 Å². The molecule has 0 aliphatic rings. The zero-order valence-electron chi connectivity index (χ0n) is 12.0. The normalized spacial score (nSPS) is 10.4. The minimum Gasteiger partial charge on any atom is -0.493 e. The van der Waals surface area contributed by atoms with Crippen molar-refractivity contribution in [2.24, 2.45) is 0 Å². The molecule has 112 valence electrons. The summed E-state index contributed by atoms with van der Waals surface area (Å²) in [5.74, 6) is -1.11.